The number of amides is 1. The number of benzene rings is 1. The molecule has 0 aliphatic heterocycles. The van der Waals surface area contributed by atoms with E-state index in [1.165, 1.54) is 12.1 Å². The van der Waals surface area contributed by atoms with E-state index in [9.17, 15) is 9.18 Å². The van der Waals surface area contributed by atoms with Crippen LogP contribution in [0.3, 0.4) is 0 Å². The van der Waals surface area contributed by atoms with Gasteiger partial charge in [-0.2, -0.15) is 0 Å². The lowest BCUT2D eigenvalue weighted by molar-refractivity contribution is -0.121. The van der Waals surface area contributed by atoms with Crippen LogP contribution in [0.2, 0.25) is 0 Å². The zero-order chi connectivity index (χ0) is 12.1. The van der Waals surface area contributed by atoms with Gasteiger partial charge < -0.3 is 11.1 Å². The fourth-order valence-corrected chi connectivity index (χ4v) is 1.79. The molecule has 0 aromatic heterocycles. The van der Waals surface area contributed by atoms with Crippen LogP contribution in [0.15, 0.2) is 22.7 Å². The van der Waals surface area contributed by atoms with Crippen LogP contribution < -0.4 is 11.1 Å². The van der Waals surface area contributed by atoms with Crippen molar-refractivity contribution in [2.45, 2.75) is 25.9 Å². The molecule has 1 rings (SSSR count). The molecule has 1 amide bonds. The fourth-order valence-electron chi connectivity index (χ4n) is 1.28. The van der Waals surface area contributed by atoms with Crippen LogP contribution in [-0.4, -0.2) is 11.9 Å². The van der Waals surface area contributed by atoms with Crippen LogP contribution in [0.5, 0.6) is 0 Å². The van der Waals surface area contributed by atoms with Gasteiger partial charge in [0.15, 0.2) is 0 Å². The van der Waals surface area contributed by atoms with Gasteiger partial charge in [-0.3, -0.25) is 4.79 Å². The van der Waals surface area contributed by atoms with Crippen molar-refractivity contribution in [1.29, 1.82) is 0 Å². The summed E-state index contributed by atoms with van der Waals surface area (Å²) in [6.07, 6.45) is 0.274. The second-order valence-corrected chi connectivity index (χ2v) is 4.65. The van der Waals surface area contributed by atoms with E-state index in [1.807, 2.05) is 0 Å². The van der Waals surface area contributed by atoms with Gasteiger partial charge in [-0.05, 0) is 30.7 Å². The smallest absolute Gasteiger partial charge is 0.221 e. The van der Waals surface area contributed by atoms with E-state index in [0.29, 0.717) is 16.6 Å². The highest BCUT2D eigenvalue weighted by Gasteiger charge is 2.05. The van der Waals surface area contributed by atoms with E-state index >= 15 is 0 Å². The highest BCUT2D eigenvalue weighted by molar-refractivity contribution is 9.10. The molecule has 3 nitrogen and oxygen atoms in total. The molecular weight excluding hydrogens is 310 g/mol. The molecule has 0 spiro atoms. The van der Waals surface area contributed by atoms with Gasteiger partial charge in [-0.15, -0.1) is 12.4 Å². The second kappa shape index (κ2) is 7.63. The maximum atomic E-state index is 13.0. The summed E-state index contributed by atoms with van der Waals surface area (Å²) in [7, 11) is 0. The number of rotatable bonds is 4. The molecule has 0 bridgehead atoms. The van der Waals surface area contributed by atoms with Crippen LogP contribution in [0.4, 0.5) is 4.39 Å². The number of carbonyl (C=O) groups is 1. The largest absolute Gasteiger partial charge is 0.352 e. The Morgan fingerprint density at radius 3 is 2.71 bits per heavy atom. The Morgan fingerprint density at radius 1 is 1.53 bits per heavy atom. The van der Waals surface area contributed by atoms with Crippen molar-refractivity contribution in [2.75, 3.05) is 0 Å². The monoisotopic (exact) mass is 324 g/mol. The summed E-state index contributed by atoms with van der Waals surface area (Å²) >= 11 is 3.19. The molecular formula is C11H15BrClFN2O. The maximum absolute atomic E-state index is 13.0. The third-order valence-electron chi connectivity index (χ3n) is 1.92. The summed E-state index contributed by atoms with van der Waals surface area (Å²) in [5, 5.41) is 2.68. The Balaban J connectivity index is 0.00000256. The molecule has 0 heterocycles. The first kappa shape index (κ1) is 16.4. The Hall–Kier alpha value is -0.650. The van der Waals surface area contributed by atoms with Gasteiger partial charge in [-0.1, -0.05) is 15.9 Å². The average Bonchev–Trinajstić information content (AvgIpc) is 2.12. The van der Waals surface area contributed by atoms with Crippen LogP contribution in [0, 0.1) is 5.82 Å². The number of nitrogens with two attached hydrogens (primary N) is 1. The Morgan fingerprint density at radius 2 is 2.18 bits per heavy atom. The van der Waals surface area contributed by atoms with E-state index < -0.39 is 0 Å². The molecule has 0 aliphatic rings. The van der Waals surface area contributed by atoms with Gasteiger partial charge in [0.05, 0.1) is 0 Å². The number of nitrogens with one attached hydrogen (secondary N) is 1. The SMILES string of the molecule is CC(N)CC(=O)NCc1cc(F)cc(Br)c1.Cl. The van der Waals surface area contributed by atoms with Crippen LogP contribution >= 0.6 is 28.3 Å². The molecule has 0 saturated heterocycles. The molecule has 0 saturated carbocycles. The molecule has 1 unspecified atom stereocenters. The Kier molecular flexibility index (Phi) is 7.34. The minimum absolute atomic E-state index is 0. The van der Waals surface area contributed by atoms with Crippen molar-refractivity contribution in [3.05, 3.63) is 34.1 Å². The van der Waals surface area contributed by atoms with E-state index in [4.69, 9.17) is 5.73 Å². The molecule has 96 valence electrons. The molecule has 0 fully saturated rings. The zero-order valence-corrected chi connectivity index (χ0v) is 11.8. The maximum Gasteiger partial charge on any atom is 0.221 e. The normalized spacial score (nSPS) is 11.5. The first-order valence-electron chi connectivity index (χ1n) is 4.94. The van der Waals surface area contributed by atoms with Crippen LogP contribution in [0.1, 0.15) is 18.9 Å². The van der Waals surface area contributed by atoms with Gasteiger partial charge in [0.1, 0.15) is 5.82 Å². The molecule has 6 heteroatoms. The van der Waals surface area contributed by atoms with E-state index in [1.54, 1.807) is 13.0 Å². The number of carbonyl (C=O) groups excluding carboxylic acids is 1. The quantitative estimate of drug-likeness (QED) is 0.893. The van der Waals surface area contributed by atoms with Gasteiger partial charge in [-0.25, -0.2) is 4.39 Å². The molecule has 1 aromatic rings. The summed E-state index contributed by atoms with van der Waals surface area (Å²) in [5.74, 6) is -0.457. The van der Waals surface area contributed by atoms with Gasteiger partial charge in [0, 0.05) is 23.5 Å². The molecule has 1 aromatic carbocycles. The fraction of sp³-hybridized carbons (Fsp3) is 0.364. The van der Waals surface area contributed by atoms with Gasteiger partial charge in [0.2, 0.25) is 5.91 Å². The summed E-state index contributed by atoms with van der Waals surface area (Å²) in [4.78, 5) is 11.3. The lowest BCUT2D eigenvalue weighted by Gasteiger charge is -2.07. The molecule has 1 atom stereocenters. The summed E-state index contributed by atoms with van der Waals surface area (Å²) in [6.45, 7) is 2.07. The van der Waals surface area contributed by atoms with Crippen molar-refractivity contribution in [1.82, 2.24) is 5.32 Å². The zero-order valence-electron chi connectivity index (χ0n) is 9.37. The minimum atomic E-state index is -0.328. The Bertz CT molecular complexity index is 367. The van der Waals surface area contributed by atoms with E-state index in [-0.39, 0.29) is 36.6 Å². The highest BCUT2D eigenvalue weighted by atomic mass is 79.9. The third kappa shape index (κ3) is 6.61. The summed E-state index contributed by atoms with van der Waals surface area (Å²) < 4.78 is 13.7. The molecule has 3 N–H and O–H groups in total. The molecule has 0 radical (unpaired) electrons. The van der Waals surface area contributed by atoms with Crippen molar-refractivity contribution < 1.29 is 9.18 Å². The van der Waals surface area contributed by atoms with Crippen molar-refractivity contribution in [3.63, 3.8) is 0 Å². The molecule has 17 heavy (non-hydrogen) atoms. The van der Waals surface area contributed by atoms with E-state index in [2.05, 4.69) is 21.2 Å². The van der Waals surface area contributed by atoms with Crippen molar-refractivity contribution in [2.24, 2.45) is 5.73 Å². The number of halogens is 3. The predicted molar refractivity (Wildman–Crippen MR) is 71.5 cm³/mol. The summed E-state index contributed by atoms with van der Waals surface area (Å²) in [6, 6.07) is 4.35. The first-order chi connectivity index (χ1) is 7.47. The topological polar surface area (TPSA) is 55.1 Å². The summed E-state index contributed by atoms with van der Waals surface area (Å²) in [5.41, 5.74) is 6.20. The lowest BCUT2D eigenvalue weighted by Crippen LogP contribution is -2.29. The number of hydrogen-bond donors (Lipinski definition) is 2. The minimum Gasteiger partial charge on any atom is -0.352 e. The third-order valence-corrected chi connectivity index (χ3v) is 2.38. The van der Waals surface area contributed by atoms with Gasteiger partial charge >= 0.3 is 0 Å². The van der Waals surface area contributed by atoms with E-state index in [0.717, 1.165) is 0 Å². The second-order valence-electron chi connectivity index (χ2n) is 3.74. The van der Waals surface area contributed by atoms with Crippen molar-refractivity contribution in [3.8, 4) is 0 Å². The standard InChI is InChI=1S/C11H14BrFN2O.ClH/c1-7(14)2-11(16)15-6-8-3-9(12)5-10(13)4-8;/h3-5,7H,2,6,14H2,1H3,(H,15,16);1H. The number of hydrogen-bond acceptors (Lipinski definition) is 2. The molecule has 0 aliphatic carbocycles. The lowest BCUT2D eigenvalue weighted by atomic mass is 10.2. The predicted octanol–water partition coefficient (Wildman–Crippen LogP) is 2.36. The Labute approximate surface area is 114 Å². The van der Waals surface area contributed by atoms with Gasteiger partial charge in [0.25, 0.3) is 0 Å². The van der Waals surface area contributed by atoms with Crippen molar-refractivity contribution >= 4 is 34.2 Å². The first-order valence-corrected chi connectivity index (χ1v) is 5.74. The highest BCUT2D eigenvalue weighted by Crippen LogP contribution is 2.14. The van der Waals surface area contributed by atoms with Crippen LogP contribution in [0.25, 0.3) is 0 Å². The van der Waals surface area contributed by atoms with Crippen LogP contribution in [-0.2, 0) is 11.3 Å². The average molecular weight is 326 g/mol.